The molecule has 0 radical (unpaired) electrons. The maximum Gasteiger partial charge on any atom is 0.459 e. The highest BCUT2D eigenvalue weighted by Gasteiger charge is 2.72. The van der Waals surface area contributed by atoms with Gasteiger partial charge in [-0.1, -0.05) is 67.8 Å². The molecule has 206 valence electrons. The van der Waals surface area contributed by atoms with E-state index < -0.39 is 24.4 Å². The Morgan fingerprint density at radius 1 is 0.750 bits per heavy atom. The second kappa shape index (κ2) is 14.7. The first-order valence-electron chi connectivity index (χ1n) is 11.7. The minimum atomic E-state index is -6.25. The van der Waals surface area contributed by atoms with Crippen LogP contribution in [0, 0.1) is 0 Å². The summed E-state index contributed by atoms with van der Waals surface area (Å²) in [7, 11) is 0. The SMILES string of the molecule is FC(F)(F)C(F)(F)C(F)(F)CCCCCCCCCCCn1cc[n+](Cc2c(Cl)cccc2Cl)c1.[Cl-]. The Morgan fingerprint density at radius 3 is 1.78 bits per heavy atom. The molecule has 0 unspecified atom stereocenters. The second-order valence-electron chi connectivity index (χ2n) is 8.73. The van der Waals surface area contributed by atoms with Gasteiger partial charge in [0.05, 0.1) is 6.54 Å². The smallest absolute Gasteiger partial charge is 0.459 e. The minimum Gasteiger partial charge on any atom is -1.00 e. The molecular weight excluding hydrogens is 556 g/mol. The van der Waals surface area contributed by atoms with E-state index in [4.69, 9.17) is 23.2 Å². The lowest BCUT2D eigenvalue weighted by Gasteiger charge is -2.28. The highest BCUT2D eigenvalue weighted by atomic mass is 35.5. The van der Waals surface area contributed by atoms with E-state index in [0.717, 1.165) is 50.6 Å². The molecule has 2 rings (SSSR count). The van der Waals surface area contributed by atoms with Crippen molar-refractivity contribution in [3.63, 3.8) is 0 Å². The molecule has 0 saturated carbocycles. The van der Waals surface area contributed by atoms with Gasteiger partial charge in [0.25, 0.3) is 0 Å². The molecule has 0 spiro atoms. The number of unbranched alkanes of at least 4 members (excludes halogenated alkanes) is 8. The average molecular weight is 586 g/mol. The molecule has 2 nitrogen and oxygen atoms in total. The maximum atomic E-state index is 13.2. The molecule has 0 amide bonds. The molecule has 0 aliphatic carbocycles. The highest BCUT2D eigenvalue weighted by Crippen LogP contribution is 2.48. The fourth-order valence-electron chi connectivity index (χ4n) is 3.77. The lowest BCUT2D eigenvalue weighted by molar-refractivity contribution is -0.687. The van der Waals surface area contributed by atoms with Crippen molar-refractivity contribution in [3.05, 3.63) is 52.5 Å². The third-order valence-electron chi connectivity index (χ3n) is 5.87. The number of hydrogen-bond acceptors (Lipinski definition) is 0. The van der Waals surface area contributed by atoms with Crippen LogP contribution in [-0.4, -0.2) is 22.6 Å². The fraction of sp³-hybridized carbons (Fsp3) is 0.625. The molecule has 0 N–H and O–H groups in total. The monoisotopic (exact) mass is 584 g/mol. The van der Waals surface area contributed by atoms with Crippen LogP contribution in [0.1, 0.15) is 69.8 Å². The Morgan fingerprint density at radius 2 is 1.25 bits per heavy atom. The van der Waals surface area contributed by atoms with Gasteiger partial charge in [-0.25, -0.2) is 9.13 Å². The van der Waals surface area contributed by atoms with Crippen LogP contribution in [0.4, 0.5) is 30.7 Å². The molecule has 2 aromatic rings. The molecule has 36 heavy (non-hydrogen) atoms. The molecule has 12 heteroatoms. The van der Waals surface area contributed by atoms with Crippen LogP contribution < -0.4 is 17.0 Å². The fourth-order valence-corrected chi connectivity index (χ4v) is 4.29. The van der Waals surface area contributed by atoms with Crippen LogP contribution >= 0.6 is 23.2 Å². The number of aromatic nitrogens is 2. The van der Waals surface area contributed by atoms with E-state index in [-0.39, 0.29) is 25.2 Å². The summed E-state index contributed by atoms with van der Waals surface area (Å²) in [4.78, 5) is 0. The van der Waals surface area contributed by atoms with Gasteiger partial charge in [-0.15, -0.1) is 0 Å². The number of rotatable bonds is 15. The van der Waals surface area contributed by atoms with E-state index in [1.54, 1.807) is 18.2 Å². The Kier molecular flexibility index (Phi) is 13.4. The van der Waals surface area contributed by atoms with Crippen molar-refractivity contribution < 1.29 is 47.7 Å². The van der Waals surface area contributed by atoms with Crippen LogP contribution in [0.2, 0.25) is 10.0 Å². The molecule has 1 aromatic heterocycles. The van der Waals surface area contributed by atoms with Crippen molar-refractivity contribution >= 4 is 23.2 Å². The quantitative estimate of drug-likeness (QED) is 0.141. The highest BCUT2D eigenvalue weighted by molar-refractivity contribution is 6.35. The van der Waals surface area contributed by atoms with Crippen molar-refractivity contribution in [1.29, 1.82) is 0 Å². The van der Waals surface area contributed by atoms with Crippen LogP contribution in [0.5, 0.6) is 0 Å². The van der Waals surface area contributed by atoms with Gasteiger partial charge in [0, 0.05) is 22.0 Å². The molecule has 0 saturated heterocycles. The minimum absolute atomic E-state index is 0. The van der Waals surface area contributed by atoms with Crippen LogP contribution in [0.25, 0.3) is 0 Å². The van der Waals surface area contributed by atoms with Crippen molar-refractivity contribution in [2.24, 2.45) is 0 Å². The summed E-state index contributed by atoms with van der Waals surface area (Å²) in [5.74, 6) is -11.1. The Balaban J connectivity index is 0.00000648. The predicted molar refractivity (Wildman–Crippen MR) is 122 cm³/mol. The van der Waals surface area contributed by atoms with Gasteiger partial charge in [-0.2, -0.15) is 30.7 Å². The predicted octanol–water partition coefficient (Wildman–Crippen LogP) is 5.87. The van der Waals surface area contributed by atoms with Crippen LogP contribution in [-0.2, 0) is 13.1 Å². The second-order valence-corrected chi connectivity index (χ2v) is 9.55. The topological polar surface area (TPSA) is 8.81 Å². The number of aryl methyl sites for hydroxylation is 1. The van der Waals surface area contributed by atoms with Crippen LogP contribution in [0.15, 0.2) is 36.9 Å². The maximum absolute atomic E-state index is 13.2. The molecule has 0 bridgehead atoms. The van der Waals surface area contributed by atoms with Crippen LogP contribution in [0.3, 0.4) is 0 Å². The van der Waals surface area contributed by atoms with Gasteiger partial charge in [0.1, 0.15) is 18.9 Å². The zero-order valence-corrected chi connectivity index (χ0v) is 21.9. The van der Waals surface area contributed by atoms with Crippen molar-refractivity contribution in [2.75, 3.05) is 0 Å². The largest absolute Gasteiger partial charge is 1.00 e. The number of halogens is 10. The average Bonchev–Trinajstić information content (AvgIpc) is 3.21. The summed E-state index contributed by atoms with van der Waals surface area (Å²) in [6, 6.07) is 5.41. The summed E-state index contributed by atoms with van der Waals surface area (Å²) in [6.07, 6.45) is 4.19. The third-order valence-corrected chi connectivity index (χ3v) is 6.58. The number of hydrogen-bond donors (Lipinski definition) is 0. The Hall–Kier alpha value is -1.19. The molecule has 1 heterocycles. The standard InChI is InChI=1S/C24H30Cl2F7N2.ClH/c25-20-11-10-12-21(26)19(20)17-35-16-15-34(18-35)14-9-7-5-3-1-2-4-6-8-13-22(27,28)23(29,30)24(31,32)33;/h10-12,15-16,18H,1-9,13-14,17H2;1H/q+1;/p-1. The third kappa shape index (κ3) is 9.60. The first-order chi connectivity index (χ1) is 16.3. The number of alkyl halides is 7. The van der Waals surface area contributed by atoms with E-state index in [9.17, 15) is 30.7 Å². The van der Waals surface area contributed by atoms with E-state index in [1.807, 2.05) is 23.3 Å². The van der Waals surface area contributed by atoms with Gasteiger partial charge in [0.15, 0.2) is 0 Å². The summed E-state index contributed by atoms with van der Waals surface area (Å²) >= 11 is 12.4. The van der Waals surface area contributed by atoms with Gasteiger partial charge >= 0.3 is 18.0 Å². The van der Waals surface area contributed by atoms with Gasteiger partial charge in [0.2, 0.25) is 6.33 Å². The summed E-state index contributed by atoms with van der Waals surface area (Å²) in [5, 5.41) is 1.25. The molecule has 0 aliphatic rings. The first kappa shape index (κ1) is 32.8. The summed E-state index contributed by atoms with van der Waals surface area (Å²) < 4.78 is 92.5. The number of benzene rings is 1. The number of nitrogens with zero attached hydrogens (tertiary/aromatic N) is 2. The lowest BCUT2D eigenvalue weighted by atomic mass is 10.0. The molecular formula is C24H30Cl3F7N2. The van der Waals surface area contributed by atoms with Gasteiger partial charge in [-0.3, -0.25) is 0 Å². The zero-order valence-electron chi connectivity index (χ0n) is 19.6. The van der Waals surface area contributed by atoms with Crippen molar-refractivity contribution in [1.82, 2.24) is 4.57 Å². The van der Waals surface area contributed by atoms with Gasteiger partial charge in [-0.05, 0) is 31.4 Å². The van der Waals surface area contributed by atoms with E-state index in [2.05, 4.69) is 4.57 Å². The zero-order chi connectivity index (χ0) is 26.1. The number of imidazole rings is 1. The van der Waals surface area contributed by atoms with E-state index >= 15 is 0 Å². The lowest BCUT2D eigenvalue weighted by Crippen LogP contribution is -3.00. The Bertz CT molecular complexity index is 897. The summed E-state index contributed by atoms with van der Waals surface area (Å²) in [5.41, 5.74) is 0.867. The Labute approximate surface area is 223 Å². The normalized spacial score (nSPS) is 12.6. The molecule has 1 aromatic carbocycles. The van der Waals surface area contributed by atoms with E-state index in [1.165, 1.54) is 0 Å². The summed E-state index contributed by atoms with van der Waals surface area (Å²) in [6.45, 7) is 1.44. The van der Waals surface area contributed by atoms with E-state index in [0.29, 0.717) is 23.0 Å². The first-order valence-corrected chi connectivity index (χ1v) is 12.4. The molecule has 0 fully saturated rings. The van der Waals surface area contributed by atoms with Gasteiger partial charge < -0.3 is 12.4 Å². The van der Waals surface area contributed by atoms with Crippen molar-refractivity contribution in [3.8, 4) is 0 Å². The molecule has 0 aliphatic heterocycles. The molecule has 0 atom stereocenters. The van der Waals surface area contributed by atoms with Crippen molar-refractivity contribution in [2.45, 2.75) is 95.3 Å².